The summed E-state index contributed by atoms with van der Waals surface area (Å²) < 4.78 is 18.6. The first-order valence-electron chi connectivity index (χ1n) is 17.7. The van der Waals surface area contributed by atoms with Crippen molar-refractivity contribution in [1.82, 2.24) is 5.32 Å². The Morgan fingerprint density at radius 3 is 2.36 bits per heavy atom. The molecule has 45 heavy (non-hydrogen) atoms. The highest BCUT2D eigenvalue weighted by atomic mass is 16.6. The molecule has 0 aromatic heterocycles. The van der Waals surface area contributed by atoms with Crippen LogP contribution < -0.4 is 5.32 Å². The molecule has 252 valence electrons. The average molecular weight is 628 g/mol. The molecule has 0 spiro atoms. The van der Waals surface area contributed by atoms with E-state index in [1.165, 1.54) is 12.5 Å². The van der Waals surface area contributed by atoms with Crippen LogP contribution >= 0.6 is 0 Å². The molecule has 2 saturated heterocycles. The van der Waals surface area contributed by atoms with Crippen LogP contribution in [0.2, 0.25) is 0 Å². The van der Waals surface area contributed by atoms with Crippen molar-refractivity contribution in [1.29, 1.82) is 0 Å². The lowest BCUT2D eigenvalue weighted by Gasteiger charge is -2.71. The van der Waals surface area contributed by atoms with Crippen LogP contribution in [-0.2, 0) is 28.6 Å². The fourth-order valence-electron chi connectivity index (χ4n) is 12.3. The summed E-state index contributed by atoms with van der Waals surface area (Å²) >= 11 is 0. The van der Waals surface area contributed by atoms with Gasteiger partial charge in [-0.15, -0.1) is 0 Å². The number of carbonyl (C=O) groups is 3. The number of carboxylic acids is 1. The lowest BCUT2D eigenvalue weighted by Crippen LogP contribution is -2.69. The quantitative estimate of drug-likeness (QED) is 0.258. The van der Waals surface area contributed by atoms with Gasteiger partial charge < -0.3 is 19.3 Å². The molecular formula is C37H57NO7. The van der Waals surface area contributed by atoms with Gasteiger partial charge in [0.05, 0.1) is 19.1 Å². The van der Waals surface area contributed by atoms with Crippen molar-refractivity contribution < 1.29 is 33.7 Å². The minimum atomic E-state index is -0.665. The van der Waals surface area contributed by atoms with Gasteiger partial charge >= 0.3 is 17.9 Å². The number of esters is 2. The standard InChI is InChI=1S/C37H57NO7/c1-21(2)22(3)33(5)15-16-35(7)24-11-12-27-34(6)19-43-20-37(27,25(24)13-14-36(35,8)30(33)31(40)41)18-26(44-23(4)39)29(34)32(42)45-28-10-9-17-38-28/h13,21-22,24,26-30,38H,9-12,14-20H2,1-8H3,(H,40,41)/t22?,24-,26+,27+,28?,29+,30+,33+,34-,35+,36-,37+/m0/s1. The molecule has 5 fully saturated rings. The minimum Gasteiger partial charge on any atom is -0.481 e. The van der Waals surface area contributed by atoms with Crippen LogP contribution in [0.15, 0.2) is 11.6 Å². The van der Waals surface area contributed by atoms with Gasteiger partial charge in [0.25, 0.3) is 0 Å². The Bertz CT molecular complexity index is 1260. The van der Waals surface area contributed by atoms with Crippen molar-refractivity contribution >= 4 is 17.9 Å². The summed E-state index contributed by atoms with van der Waals surface area (Å²) in [7, 11) is 0. The molecule has 0 radical (unpaired) electrons. The SMILES string of the molecule is CC(=O)O[C@@H]1C[C@]23COC[C@](C)([C@H]1C(=O)OC1CCCN1)[C@H]2CC[C@H]1C3=CC[C@@]2(C)[C@H](C(=O)O)[C@@](C)(C(C)C(C)C)CC[C@]12C. The Hall–Kier alpha value is -1.93. The van der Waals surface area contributed by atoms with Crippen LogP contribution in [0, 0.1) is 62.6 Å². The molecule has 8 nitrogen and oxygen atoms in total. The number of aliphatic carboxylic acids is 1. The first kappa shape index (κ1) is 33.0. The van der Waals surface area contributed by atoms with Crippen LogP contribution in [0.4, 0.5) is 0 Å². The van der Waals surface area contributed by atoms with E-state index >= 15 is 0 Å². The van der Waals surface area contributed by atoms with Crippen LogP contribution in [0.5, 0.6) is 0 Å². The maximum Gasteiger partial charge on any atom is 0.314 e. The topological polar surface area (TPSA) is 111 Å². The van der Waals surface area contributed by atoms with E-state index in [0.717, 1.165) is 45.1 Å². The van der Waals surface area contributed by atoms with Crippen LogP contribution in [-0.4, -0.2) is 55.1 Å². The zero-order chi connectivity index (χ0) is 32.7. The fraction of sp³-hybridized carbons (Fsp3) is 0.865. The van der Waals surface area contributed by atoms with Gasteiger partial charge in [-0.1, -0.05) is 60.1 Å². The smallest absolute Gasteiger partial charge is 0.314 e. The van der Waals surface area contributed by atoms with Crippen LogP contribution in [0.1, 0.15) is 107 Å². The molecule has 8 heteroatoms. The van der Waals surface area contributed by atoms with Crippen molar-refractivity contribution in [2.75, 3.05) is 19.8 Å². The molecule has 0 aromatic carbocycles. The van der Waals surface area contributed by atoms with E-state index in [-0.39, 0.29) is 52.2 Å². The van der Waals surface area contributed by atoms with Gasteiger partial charge in [0.15, 0.2) is 6.23 Å². The van der Waals surface area contributed by atoms with Gasteiger partial charge in [-0.05, 0) is 97.8 Å². The fourth-order valence-corrected chi connectivity index (χ4v) is 12.3. The molecule has 2 aliphatic heterocycles. The molecule has 2 N–H and O–H groups in total. The highest BCUT2D eigenvalue weighted by Crippen LogP contribution is 2.75. The summed E-state index contributed by atoms with van der Waals surface area (Å²) in [6, 6.07) is 0. The van der Waals surface area contributed by atoms with E-state index in [1.54, 1.807) is 0 Å². The summed E-state index contributed by atoms with van der Waals surface area (Å²) in [4.78, 5) is 39.9. The van der Waals surface area contributed by atoms with Crippen molar-refractivity contribution in [3.05, 3.63) is 11.6 Å². The van der Waals surface area contributed by atoms with Crippen LogP contribution in [0.25, 0.3) is 0 Å². The number of ether oxygens (including phenoxy) is 3. The summed E-state index contributed by atoms with van der Waals surface area (Å²) in [5.74, 6) is -1.32. The molecule has 2 heterocycles. The number of fused-ring (bicyclic) bond motifs is 3. The lowest BCUT2D eigenvalue weighted by atomic mass is 9.34. The second kappa shape index (κ2) is 11.1. The van der Waals surface area contributed by atoms with E-state index < -0.39 is 34.7 Å². The number of rotatable bonds is 6. The first-order valence-corrected chi connectivity index (χ1v) is 17.7. The average Bonchev–Trinajstić information content (AvgIpc) is 3.45. The number of carbonyl (C=O) groups excluding carboxylic acids is 2. The molecule has 2 unspecified atom stereocenters. The number of nitrogens with one attached hydrogen (secondary N) is 1. The number of hydrogen-bond donors (Lipinski definition) is 2. The van der Waals surface area contributed by atoms with E-state index in [0.29, 0.717) is 32.0 Å². The second-order valence-corrected chi connectivity index (χ2v) is 17.2. The van der Waals surface area contributed by atoms with Gasteiger partial charge in [0.1, 0.15) is 12.0 Å². The number of allylic oxidation sites excluding steroid dienone is 1. The van der Waals surface area contributed by atoms with Crippen molar-refractivity contribution in [2.45, 2.75) is 119 Å². The maximum absolute atomic E-state index is 14.0. The third-order valence-electron chi connectivity index (χ3n) is 15.0. The highest BCUT2D eigenvalue weighted by molar-refractivity contribution is 5.76. The first-order chi connectivity index (χ1) is 21.0. The van der Waals surface area contributed by atoms with Crippen LogP contribution in [0.3, 0.4) is 0 Å². The Morgan fingerprint density at radius 2 is 1.73 bits per heavy atom. The second-order valence-electron chi connectivity index (χ2n) is 17.2. The van der Waals surface area contributed by atoms with E-state index in [1.807, 2.05) is 0 Å². The molecule has 3 saturated carbocycles. The van der Waals surface area contributed by atoms with Gasteiger partial charge in [-0.2, -0.15) is 0 Å². The third kappa shape index (κ3) is 4.61. The zero-order valence-electron chi connectivity index (χ0n) is 28.9. The summed E-state index contributed by atoms with van der Waals surface area (Å²) in [6.45, 7) is 19.0. The van der Waals surface area contributed by atoms with E-state index in [4.69, 9.17) is 14.2 Å². The number of carboxylic acid groups (broad SMARTS) is 1. The summed E-state index contributed by atoms with van der Waals surface area (Å²) in [5.41, 5.74) is -0.458. The molecule has 6 aliphatic rings. The molecular weight excluding hydrogens is 570 g/mol. The molecule has 4 aliphatic carbocycles. The molecule has 0 aromatic rings. The third-order valence-corrected chi connectivity index (χ3v) is 15.0. The largest absolute Gasteiger partial charge is 0.481 e. The Balaban J connectivity index is 1.41. The number of hydrogen-bond acceptors (Lipinski definition) is 7. The minimum absolute atomic E-state index is 0.181. The molecule has 12 atom stereocenters. The molecule has 6 rings (SSSR count). The lowest BCUT2D eigenvalue weighted by molar-refractivity contribution is -0.246. The van der Waals surface area contributed by atoms with E-state index in [2.05, 4.69) is 59.9 Å². The zero-order valence-corrected chi connectivity index (χ0v) is 28.9. The predicted octanol–water partition coefficient (Wildman–Crippen LogP) is 6.38. The highest BCUT2D eigenvalue weighted by Gasteiger charge is 2.72. The Kier molecular flexibility index (Phi) is 8.11. The Morgan fingerprint density at radius 1 is 1.00 bits per heavy atom. The van der Waals surface area contributed by atoms with Crippen molar-refractivity contribution in [2.24, 2.45) is 62.6 Å². The summed E-state index contributed by atoms with van der Waals surface area (Å²) in [6.07, 6.45) is 8.25. The normalized spacial score (nSPS) is 47.9. The maximum atomic E-state index is 14.0. The van der Waals surface area contributed by atoms with Crippen molar-refractivity contribution in [3.63, 3.8) is 0 Å². The molecule has 2 bridgehead atoms. The van der Waals surface area contributed by atoms with Gasteiger partial charge in [0, 0.05) is 17.8 Å². The predicted molar refractivity (Wildman–Crippen MR) is 170 cm³/mol. The van der Waals surface area contributed by atoms with Crippen molar-refractivity contribution in [3.8, 4) is 0 Å². The monoisotopic (exact) mass is 627 g/mol. The Labute approximate surface area is 269 Å². The van der Waals surface area contributed by atoms with E-state index in [9.17, 15) is 19.5 Å². The van der Waals surface area contributed by atoms with Gasteiger partial charge in [0.2, 0.25) is 0 Å². The summed E-state index contributed by atoms with van der Waals surface area (Å²) in [5, 5.41) is 14.2. The molecule has 0 amide bonds. The van der Waals surface area contributed by atoms with Gasteiger partial charge in [-0.25, -0.2) is 0 Å². The van der Waals surface area contributed by atoms with Gasteiger partial charge in [-0.3, -0.25) is 19.7 Å².